The van der Waals surface area contributed by atoms with Gasteiger partial charge in [0.2, 0.25) is 0 Å². The highest BCUT2D eigenvalue weighted by Crippen LogP contribution is 2.15. The van der Waals surface area contributed by atoms with Crippen molar-refractivity contribution in [3.63, 3.8) is 0 Å². The van der Waals surface area contributed by atoms with Crippen LogP contribution in [0.2, 0.25) is 0 Å². The second kappa shape index (κ2) is 3.41. The van der Waals surface area contributed by atoms with Crippen LogP contribution < -0.4 is 5.56 Å². The molecule has 1 N–H and O–H groups in total. The van der Waals surface area contributed by atoms with Gasteiger partial charge in [-0.15, -0.1) is 0 Å². The molecule has 1 aromatic carbocycles. The Morgan fingerprint density at radius 2 is 2.29 bits per heavy atom. The Bertz CT molecular complexity index is 772. The SMILES string of the molecule is CCc1ncn2c1c(=O)[nH]c1cc(F)ccc12. The summed E-state index contributed by atoms with van der Waals surface area (Å²) in [7, 11) is 0. The van der Waals surface area contributed by atoms with Crippen LogP contribution in [0.15, 0.2) is 29.3 Å². The number of rotatable bonds is 1. The average Bonchev–Trinajstić information content (AvgIpc) is 2.73. The highest BCUT2D eigenvalue weighted by molar-refractivity contribution is 5.78. The molecular formula is C12H10FN3O. The fourth-order valence-electron chi connectivity index (χ4n) is 2.07. The monoisotopic (exact) mass is 231 g/mol. The molecule has 0 aliphatic carbocycles. The molecular weight excluding hydrogens is 221 g/mol. The highest BCUT2D eigenvalue weighted by atomic mass is 19.1. The van der Waals surface area contributed by atoms with E-state index in [1.807, 2.05) is 6.92 Å². The first kappa shape index (κ1) is 10.0. The molecule has 0 fully saturated rings. The van der Waals surface area contributed by atoms with E-state index in [-0.39, 0.29) is 11.4 Å². The van der Waals surface area contributed by atoms with E-state index in [4.69, 9.17) is 0 Å². The summed E-state index contributed by atoms with van der Waals surface area (Å²) >= 11 is 0. The molecule has 0 unspecified atom stereocenters. The molecule has 86 valence electrons. The van der Waals surface area contributed by atoms with Gasteiger partial charge >= 0.3 is 0 Å². The molecule has 17 heavy (non-hydrogen) atoms. The van der Waals surface area contributed by atoms with Gasteiger partial charge in [-0.3, -0.25) is 9.20 Å². The largest absolute Gasteiger partial charge is 0.319 e. The number of benzene rings is 1. The third kappa shape index (κ3) is 1.35. The smallest absolute Gasteiger partial charge is 0.274 e. The summed E-state index contributed by atoms with van der Waals surface area (Å²) in [6.45, 7) is 1.94. The van der Waals surface area contributed by atoms with Crippen molar-refractivity contribution in [2.24, 2.45) is 0 Å². The summed E-state index contributed by atoms with van der Waals surface area (Å²) in [6.07, 6.45) is 2.29. The first-order chi connectivity index (χ1) is 8.20. The number of nitrogens with one attached hydrogen (secondary N) is 1. The Morgan fingerprint density at radius 1 is 1.47 bits per heavy atom. The minimum Gasteiger partial charge on any atom is -0.319 e. The number of halogens is 1. The molecule has 0 amide bonds. The lowest BCUT2D eigenvalue weighted by molar-refractivity contribution is 0.629. The van der Waals surface area contributed by atoms with Crippen LogP contribution in [-0.4, -0.2) is 14.4 Å². The minimum absolute atomic E-state index is 0.238. The van der Waals surface area contributed by atoms with E-state index in [0.29, 0.717) is 17.5 Å². The van der Waals surface area contributed by atoms with Crippen molar-refractivity contribution in [1.82, 2.24) is 14.4 Å². The van der Waals surface area contributed by atoms with Crippen molar-refractivity contribution in [3.05, 3.63) is 46.4 Å². The maximum atomic E-state index is 13.1. The average molecular weight is 231 g/mol. The van der Waals surface area contributed by atoms with Crippen LogP contribution in [0.1, 0.15) is 12.6 Å². The van der Waals surface area contributed by atoms with Gasteiger partial charge in [-0.25, -0.2) is 9.37 Å². The molecule has 0 radical (unpaired) electrons. The van der Waals surface area contributed by atoms with Crippen LogP contribution >= 0.6 is 0 Å². The molecule has 4 nitrogen and oxygen atoms in total. The molecule has 5 heteroatoms. The van der Waals surface area contributed by atoms with E-state index in [0.717, 1.165) is 11.2 Å². The maximum Gasteiger partial charge on any atom is 0.274 e. The van der Waals surface area contributed by atoms with E-state index < -0.39 is 0 Å². The molecule has 0 aliphatic heterocycles. The van der Waals surface area contributed by atoms with Crippen LogP contribution in [0, 0.1) is 5.82 Å². The lowest BCUT2D eigenvalue weighted by atomic mass is 10.2. The molecule has 0 bridgehead atoms. The third-order valence-corrected chi connectivity index (χ3v) is 2.86. The van der Waals surface area contributed by atoms with Crippen LogP contribution in [0.25, 0.3) is 16.6 Å². The van der Waals surface area contributed by atoms with E-state index in [2.05, 4.69) is 9.97 Å². The van der Waals surface area contributed by atoms with E-state index in [1.54, 1.807) is 16.8 Å². The second-order valence-corrected chi connectivity index (χ2v) is 3.88. The molecule has 2 heterocycles. The van der Waals surface area contributed by atoms with Gasteiger partial charge in [0.15, 0.2) is 0 Å². The van der Waals surface area contributed by atoms with Crippen molar-refractivity contribution in [3.8, 4) is 0 Å². The fraction of sp³-hybridized carbons (Fsp3) is 0.167. The summed E-state index contributed by atoms with van der Waals surface area (Å²) in [4.78, 5) is 18.8. The van der Waals surface area contributed by atoms with Gasteiger partial charge in [0.1, 0.15) is 17.7 Å². The molecule has 3 aromatic rings. The van der Waals surface area contributed by atoms with Crippen LogP contribution in [-0.2, 0) is 6.42 Å². The number of hydrogen-bond donors (Lipinski definition) is 1. The summed E-state index contributed by atoms with van der Waals surface area (Å²) < 4.78 is 14.8. The number of hydrogen-bond acceptors (Lipinski definition) is 2. The van der Waals surface area contributed by atoms with Crippen molar-refractivity contribution in [2.75, 3.05) is 0 Å². The number of aromatic nitrogens is 3. The second-order valence-electron chi connectivity index (χ2n) is 3.88. The van der Waals surface area contributed by atoms with Crippen LogP contribution in [0.5, 0.6) is 0 Å². The standard InChI is InChI=1S/C12H10FN3O/c1-2-8-11-12(17)15-9-5-7(13)3-4-10(9)16(11)6-14-8/h3-6H,2H2,1H3,(H,15,17). The van der Waals surface area contributed by atoms with Crippen LogP contribution in [0.4, 0.5) is 4.39 Å². The third-order valence-electron chi connectivity index (χ3n) is 2.86. The zero-order valence-corrected chi connectivity index (χ0v) is 9.20. The summed E-state index contributed by atoms with van der Waals surface area (Å²) in [6, 6.07) is 4.31. The van der Waals surface area contributed by atoms with Gasteiger partial charge in [-0.05, 0) is 24.6 Å². The lowest BCUT2D eigenvalue weighted by Crippen LogP contribution is -2.11. The summed E-state index contributed by atoms with van der Waals surface area (Å²) in [5.41, 5.74) is 2.26. The van der Waals surface area contributed by atoms with Crippen molar-refractivity contribution < 1.29 is 4.39 Å². The van der Waals surface area contributed by atoms with E-state index >= 15 is 0 Å². The predicted molar refractivity (Wildman–Crippen MR) is 62.7 cm³/mol. The molecule has 0 saturated carbocycles. The normalized spacial score (nSPS) is 11.4. The van der Waals surface area contributed by atoms with Gasteiger partial charge in [-0.1, -0.05) is 6.92 Å². The molecule has 0 atom stereocenters. The molecule has 0 spiro atoms. The zero-order chi connectivity index (χ0) is 12.0. The Labute approximate surface area is 95.7 Å². The molecule has 2 aromatic heterocycles. The first-order valence-corrected chi connectivity index (χ1v) is 5.38. The van der Waals surface area contributed by atoms with E-state index in [1.165, 1.54) is 12.1 Å². The number of nitrogens with zero attached hydrogens (tertiary/aromatic N) is 2. The number of H-pyrrole nitrogens is 1. The molecule has 0 saturated heterocycles. The Hall–Kier alpha value is -2.17. The van der Waals surface area contributed by atoms with Crippen molar-refractivity contribution in [2.45, 2.75) is 13.3 Å². The van der Waals surface area contributed by atoms with Crippen molar-refractivity contribution >= 4 is 16.6 Å². The Kier molecular flexibility index (Phi) is 2.01. The quantitative estimate of drug-likeness (QED) is 0.695. The Morgan fingerprint density at radius 3 is 3.06 bits per heavy atom. The Balaban J connectivity index is 2.57. The highest BCUT2D eigenvalue weighted by Gasteiger charge is 2.10. The number of aromatic amines is 1. The number of fused-ring (bicyclic) bond motifs is 3. The molecule has 0 aliphatic rings. The van der Waals surface area contributed by atoms with Crippen molar-refractivity contribution in [1.29, 1.82) is 0 Å². The maximum absolute atomic E-state index is 13.1. The minimum atomic E-state index is -0.372. The first-order valence-electron chi connectivity index (χ1n) is 5.38. The summed E-state index contributed by atoms with van der Waals surface area (Å²) in [5, 5.41) is 0. The molecule has 3 rings (SSSR count). The van der Waals surface area contributed by atoms with E-state index in [9.17, 15) is 9.18 Å². The lowest BCUT2D eigenvalue weighted by Gasteiger charge is -2.02. The predicted octanol–water partition coefficient (Wildman–Crippen LogP) is 1.88. The topological polar surface area (TPSA) is 50.2 Å². The number of imidazole rings is 1. The van der Waals surface area contributed by atoms with Gasteiger partial charge in [0.25, 0.3) is 5.56 Å². The van der Waals surface area contributed by atoms with Gasteiger partial charge in [0, 0.05) is 0 Å². The van der Waals surface area contributed by atoms with Gasteiger partial charge in [-0.2, -0.15) is 0 Å². The number of aryl methyl sites for hydroxylation is 1. The van der Waals surface area contributed by atoms with Gasteiger partial charge in [0.05, 0.1) is 16.7 Å². The van der Waals surface area contributed by atoms with Gasteiger partial charge < -0.3 is 4.98 Å². The fourth-order valence-corrected chi connectivity index (χ4v) is 2.07. The zero-order valence-electron chi connectivity index (χ0n) is 9.20. The van der Waals surface area contributed by atoms with Crippen LogP contribution in [0.3, 0.4) is 0 Å². The summed E-state index contributed by atoms with van der Waals surface area (Å²) in [5.74, 6) is -0.372.